The van der Waals surface area contributed by atoms with Gasteiger partial charge in [-0.2, -0.15) is 0 Å². The first-order valence-corrected chi connectivity index (χ1v) is 7.42. The third kappa shape index (κ3) is 4.38. The summed E-state index contributed by atoms with van der Waals surface area (Å²) >= 11 is 6.08. The molecule has 4 heteroatoms. The average Bonchev–Trinajstić information content (AvgIpc) is 2.47. The van der Waals surface area contributed by atoms with Crippen molar-refractivity contribution in [3.05, 3.63) is 53.1 Å². The highest BCUT2D eigenvalue weighted by atomic mass is 35.5. The maximum absolute atomic E-state index is 6.08. The molecule has 1 N–H and O–H groups in total. The van der Waals surface area contributed by atoms with E-state index >= 15 is 0 Å². The molecule has 0 aliphatic heterocycles. The molecule has 112 valence electrons. The predicted octanol–water partition coefficient (Wildman–Crippen LogP) is 4.31. The van der Waals surface area contributed by atoms with Crippen LogP contribution in [0.3, 0.4) is 0 Å². The van der Waals surface area contributed by atoms with Crippen molar-refractivity contribution in [3.8, 4) is 11.5 Å². The van der Waals surface area contributed by atoms with Crippen molar-refractivity contribution in [2.75, 3.05) is 25.5 Å². The van der Waals surface area contributed by atoms with Crippen LogP contribution in [-0.2, 0) is 6.54 Å². The zero-order valence-electron chi connectivity index (χ0n) is 12.7. The molecule has 3 nitrogen and oxygen atoms in total. The highest BCUT2D eigenvalue weighted by Gasteiger charge is 2.07. The van der Waals surface area contributed by atoms with Gasteiger partial charge in [0.25, 0.3) is 0 Å². The fourth-order valence-electron chi connectivity index (χ4n) is 2.00. The second kappa shape index (κ2) is 7.34. The summed E-state index contributed by atoms with van der Waals surface area (Å²) in [4.78, 5) is 2.05. The van der Waals surface area contributed by atoms with Gasteiger partial charge in [-0.25, -0.2) is 0 Å². The maximum Gasteiger partial charge on any atom is 0.132 e. The zero-order chi connectivity index (χ0) is 15.2. The molecule has 2 aromatic rings. The van der Waals surface area contributed by atoms with Gasteiger partial charge in [-0.05, 0) is 36.9 Å². The highest BCUT2D eigenvalue weighted by molar-refractivity contribution is 6.30. The molecule has 21 heavy (non-hydrogen) atoms. The number of ether oxygens (including phenoxy) is 1. The number of nitrogens with one attached hydrogen (secondary N) is 1. The number of anilines is 1. The van der Waals surface area contributed by atoms with Crippen LogP contribution in [0.25, 0.3) is 0 Å². The molecule has 0 radical (unpaired) electrons. The van der Waals surface area contributed by atoms with E-state index in [4.69, 9.17) is 16.3 Å². The number of halogens is 1. The molecule has 0 bridgehead atoms. The van der Waals surface area contributed by atoms with Gasteiger partial charge in [-0.15, -0.1) is 0 Å². The van der Waals surface area contributed by atoms with Crippen LogP contribution in [-0.4, -0.2) is 20.6 Å². The first kappa shape index (κ1) is 15.7. The number of hydrogen-bond acceptors (Lipinski definition) is 3. The summed E-state index contributed by atoms with van der Waals surface area (Å²) in [5.74, 6) is 1.65. The van der Waals surface area contributed by atoms with Crippen LogP contribution in [0, 0.1) is 0 Å². The monoisotopic (exact) mass is 304 g/mol. The van der Waals surface area contributed by atoms with E-state index in [0.29, 0.717) is 0 Å². The summed E-state index contributed by atoms with van der Waals surface area (Å²) in [7, 11) is 4.02. The van der Waals surface area contributed by atoms with Crippen LogP contribution >= 0.6 is 11.6 Å². The Labute approximate surface area is 131 Å². The van der Waals surface area contributed by atoms with Crippen molar-refractivity contribution in [2.45, 2.75) is 13.5 Å². The lowest BCUT2D eigenvalue weighted by Gasteiger charge is -2.15. The van der Waals surface area contributed by atoms with Crippen molar-refractivity contribution in [1.29, 1.82) is 0 Å². The number of benzene rings is 2. The summed E-state index contributed by atoms with van der Waals surface area (Å²) < 4.78 is 6.03. The number of hydrogen-bond donors (Lipinski definition) is 1. The fraction of sp³-hybridized carbons (Fsp3) is 0.294. The first-order chi connectivity index (χ1) is 10.1. The van der Waals surface area contributed by atoms with E-state index in [1.807, 2.05) is 61.5 Å². The topological polar surface area (TPSA) is 24.5 Å². The van der Waals surface area contributed by atoms with E-state index in [-0.39, 0.29) is 0 Å². The largest absolute Gasteiger partial charge is 0.457 e. The lowest BCUT2D eigenvalue weighted by molar-refractivity contribution is 0.473. The lowest BCUT2D eigenvalue weighted by atomic mass is 10.2. The molecule has 0 amide bonds. The standard InChI is InChI=1S/C17H21ClN2O/c1-4-19-12-13-10-14(18)8-9-17(13)21-16-7-5-6-15(11-16)20(2)3/h5-11,19H,4,12H2,1-3H3. The second-order valence-electron chi connectivity index (χ2n) is 5.03. The van der Waals surface area contributed by atoms with Gasteiger partial charge >= 0.3 is 0 Å². The highest BCUT2D eigenvalue weighted by Crippen LogP contribution is 2.29. The van der Waals surface area contributed by atoms with Crippen molar-refractivity contribution in [2.24, 2.45) is 0 Å². The van der Waals surface area contributed by atoms with Crippen LogP contribution in [0.1, 0.15) is 12.5 Å². The van der Waals surface area contributed by atoms with E-state index in [1.165, 1.54) is 0 Å². The molecule has 0 saturated heterocycles. The van der Waals surface area contributed by atoms with Gasteiger partial charge in [-0.1, -0.05) is 24.6 Å². The second-order valence-corrected chi connectivity index (χ2v) is 5.46. The van der Waals surface area contributed by atoms with Crippen molar-refractivity contribution < 1.29 is 4.74 Å². The smallest absolute Gasteiger partial charge is 0.132 e. The van der Waals surface area contributed by atoms with Gasteiger partial charge < -0.3 is 15.0 Å². The Bertz CT molecular complexity index is 599. The van der Waals surface area contributed by atoms with Crippen LogP contribution in [0.4, 0.5) is 5.69 Å². The molecule has 0 heterocycles. The Balaban J connectivity index is 2.24. The van der Waals surface area contributed by atoms with Crippen LogP contribution in [0.15, 0.2) is 42.5 Å². The fourth-order valence-corrected chi connectivity index (χ4v) is 2.19. The average molecular weight is 305 g/mol. The third-order valence-electron chi connectivity index (χ3n) is 3.15. The normalized spacial score (nSPS) is 10.5. The Morgan fingerprint density at radius 3 is 2.67 bits per heavy atom. The molecule has 0 aliphatic rings. The van der Waals surface area contributed by atoms with Gasteiger partial charge in [0.05, 0.1) is 0 Å². The maximum atomic E-state index is 6.08. The van der Waals surface area contributed by atoms with E-state index in [2.05, 4.69) is 12.2 Å². The molecule has 0 saturated carbocycles. The SMILES string of the molecule is CCNCc1cc(Cl)ccc1Oc1cccc(N(C)C)c1. The van der Waals surface area contributed by atoms with Gasteiger partial charge in [0.1, 0.15) is 11.5 Å². The molecule has 2 rings (SSSR count). The van der Waals surface area contributed by atoms with Gasteiger partial charge in [0, 0.05) is 43.0 Å². The molecule has 0 aliphatic carbocycles. The minimum absolute atomic E-state index is 0.720. The van der Waals surface area contributed by atoms with Gasteiger partial charge in [0.2, 0.25) is 0 Å². The van der Waals surface area contributed by atoms with Crippen molar-refractivity contribution in [3.63, 3.8) is 0 Å². The Hall–Kier alpha value is -1.71. The molecule has 2 aromatic carbocycles. The minimum atomic E-state index is 0.720. The van der Waals surface area contributed by atoms with E-state index in [9.17, 15) is 0 Å². The summed E-state index contributed by atoms with van der Waals surface area (Å²) in [5.41, 5.74) is 2.16. The van der Waals surface area contributed by atoms with Gasteiger partial charge in [0.15, 0.2) is 0 Å². The van der Waals surface area contributed by atoms with Crippen molar-refractivity contribution >= 4 is 17.3 Å². The van der Waals surface area contributed by atoms with Crippen LogP contribution in [0.5, 0.6) is 11.5 Å². The Morgan fingerprint density at radius 2 is 1.95 bits per heavy atom. The predicted molar refractivity (Wildman–Crippen MR) is 89.7 cm³/mol. The third-order valence-corrected chi connectivity index (χ3v) is 3.38. The first-order valence-electron chi connectivity index (χ1n) is 7.04. The quantitative estimate of drug-likeness (QED) is 0.860. The molecule has 0 spiro atoms. The number of nitrogens with zero attached hydrogens (tertiary/aromatic N) is 1. The lowest BCUT2D eigenvalue weighted by Crippen LogP contribution is -2.12. The van der Waals surface area contributed by atoms with E-state index < -0.39 is 0 Å². The minimum Gasteiger partial charge on any atom is -0.457 e. The van der Waals surface area contributed by atoms with Crippen LogP contribution < -0.4 is 15.0 Å². The summed E-state index contributed by atoms with van der Waals surface area (Å²) in [6.07, 6.45) is 0. The van der Waals surface area contributed by atoms with E-state index in [1.54, 1.807) is 0 Å². The Kier molecular flexibility index (Phi) is 5.48. The molecule has 0 aromatic heterocycles. The molecule has 0 unspecified atom stereocenters. The van der Waals surface area contributed by atoms with Gasteiger partial charge in [-0.3, -0.25) is 0 Å². The Morgan fingerprint density at radius 1 is 1.14 bits per heavy atom. The van der Waals surface area contributed by atoms with Crippen molar-refractivity contribution in [1.82, 2.24) is 5.32 Å². The van der Waals surface area contributed by atoms with E-state index in [0.717, 1.165) is 40.9 Å². The molecular weight excluding hydrogens is 284 g/mol. The molecule has 0 fully saturated rings. The molecular formula is C17H21ClN2O. The zero-order valence-corrected chi connectivity index (χ0v) is 13.4. The summed E-state index contributed by atoms with van der Waals surface area (Å²) in [5, 5.41) is 4.02. The molecule has 0 atom stereocenters. The summed E-state index contributed by atoms with van der Waals surface area (Å²) in [6, 6.07) is 13.7. The number of rotatable bonds is 6. The summed E-state index contributed by atoms with van der Waals surface area (Å²) in [6.45, 7) is 3.72. The van der Waals surface area contributed by atoms with Crippen LogP contribution in [0.2, 0.25) is 5.02 Å².